The summed E-state index contributed by atoms with van der Waals surface area (Å²) in [5.74, 6) is -0.225. The maximum absolute atomic E-state index is 12.7. The van der Waals surface area contributed by atoms with E-state index in [1.54, 1.807) is 0 Å². The summed E-state index contributed by atoms with van der Waals surface area (Å²) in [7, 11) is 0. The van der Waals surface area contributed by atoms with Crippen LogP contribution >= 0.6 is 15.9 Å². The number of anilines is 1. The Balaban J connectivity index is 1.66. The predicted octanol–water partition coefficient (Wildman–Crippen LogP) is 4.40. The van der Waals surface area contributed by atoms with E-state index < -0.39 is 0 Å². The van der Waals surface area contributed by atoms with Crippen LogP contribution in [0.5, 0.6) is 0 Å². The molecule has 0 bridgehead atoms. The summed E-state index contributed by atoms with van der Waals surface area (Å²) in [5.41, 5.74) is 5.98. The molecule has 28 heavy (non-hydrogen) atoms. The number of nitrogens with one attached hydrogen (secondary N) is 1. The van der Waals surface area contributed by atoms with Crippen LogP contribution < -0.4 is 5.32 Å². The first-order chi connectivity index (χ1) is 13.2. The van der Waals surface area contributed by atoms with Gasteiger partial charge in [0.2, 0.25) is 5.91 Å². The molecule has 6 nitrogen and oxygen atoms in total. The summed E-state index contributed by atoms with van der Waals surface area (Å²) in [6.45, 7) is 11.1. The van der Waals surface area contributed by atoms with Gasteiger partial charge in [-0.15, -0.1) is 0 Å². The van der Waals surface area contributed by atoms with Crippen molar-refractivity contribution < 1.29 is 4.79 Å². The highest BCUT2D eigenvalue weighted by atomic mass is 79.9. The van der Waals surface area contributed by atoms with E-state index in [9.17, 15) is 4.79 Å². The predicted molar refractivity (Wildman–Crippen MR) is 114 cm³/mol. The fraction of sp³-hybridized carbons (Fsp3) is 0.381. The summed E-state index contributed by atoms with van der Waals surface area (Å²) >= 11 is 3.53. The normalized spacial score (nSPS) is 12.2. The number of hydrogen-bond acceptors (Lipinski definition) is 3. The minimum absolute atomic E-state index is 0.0214. The van der Waals surface area contributed by atoms with E-state index in [4.69, 9.17) is 0 Å². The molecule has 2 aromatic heterocycles. The summed E-state index contributed by atoms with van der Waals surface area (Å²) in [6.07, 6.45) is 0. The monoisotopic (exact) mass is 443 g/mol. The SMILES string of the molecule is Cc1cc(C)n(Cc2cccc(NC(=O)C(C)Cn3nc(C)c(Br)c3C)c2)n1. The summed E-state index contributed by atoms with van der Waals surface area (Å²) in [6, 6.07) is 9.98. The lowest BCUT2D eigenvalue weighted by Gasteiger charge is -2.14. The molecular weight excluding hydrogens is 418 g/mol. The molecule has 2 heterocycles. The van der Waals surface area contributed by atoms with Gasteiger partial charge < -0.3 is 5.32 Å². The van der Waals surface area contributed by atoms with Crippen LogP contribution in [0.1, 0.15) is 35.3 Å². The molecule has 0 saturated carbocycles. The molecule has 0 radical (unpaired) electrons. The van der Waals surface area contributed by atoms with Gasteiger partial charge in [-0.25, -0.2) is 0 Å². The van der Waals surface area contributed by atoms with Crippen LogP contribution in [0, 0.1) is 33.6 Å². The molecule has 1 aromatic carbocycles. The van der Waals surface area contributed by atoms with Crippen LogP contribution in [0.3, 0.4) is 0 Å². The molecule has 0 aliphatic rings. The van der Waals surface area contributed by atoms with Gasteiger partial charge in [0, 0.05) is 17.1 Å². The molecule has 0 fully saturated rings. The molecule has 1 amide bonds. The zero-order valence-corrected chi connectivity index (χ0v) is 18.5. The van der Waals surface area contributed by atoms with Crippen LogP contribution in [-0.2, 0) is 17.9 Å². The van der Waals surface area contributed by atoms with Crippen molar-refractivity contribution in [3.8, 4) is 0 Å². The number of hydrogen-bond donors (Lipinski definition) is 1. The van der Waals surface area contributed by atoms with Gasteiger partial charge in [-0.2, -0.15) is 10.2 Å². The Hall–Kier alpha value is -2.41. The Morgan fingerprint density at radius 3 is 2.50 bits per heavy atom. The third-order valence-electron chi connectivity index (χ3n) is 4.82. The second kappa shape index (κ2) is 8.31. The molecule has 0 aliphatic carbocycles. The van der Waals surface area contributed by atoms with Crippen molar-refractivity contribution in [2.75, 3.05) is 5.32 Å². The standard InChI is InChI=1S/C21H26BrN5O/c1-13(11-27-17(5)20(22)16(4)25-27)21(28)23-19-8-6-7-18(10-19)12-26-15(3)9-14(2)24-26/h6-10,13H,11-12H2,1-5H3,(H,23,28). The van der Waals surface area contributed by atoms with E-state index in [1.165, 1.54) is 0 Å². The van der Waals surface area contributed by atoms with E-state index in [2.05, 4.69) is 37.5 Å². The minimum atomic E-state index is -0.204. The van der Waals surface area contributed by atoms with E-state index >= 15 is 0 Å². The summed E-state index contributed by atoms with van der Waals surface area (Å²) in [4.78, 5) is 12.7. The van der Waals surface area contributed by atoms with Crippen LogP contribution in [0.2, 0.25) is 0 Å². The first-order valence-corrected chi connectivity index (χ1v) is 10.1. The number of nitrogens with zero attached hydrogens (tertiary/aromatic N) is 4. The molecule has 3 rings (SSSR count). The average molecular weight is 444 g/mol. The van der Waals surface area contributed by atoms with Gasteiger partial charge >= 0.3 is 0 Å². The van der Waals surface area contributed by atoms with Crippen LogP contribution in [0.25, 0.3) is 0 Å². The summed E-state index contributed by atoms with van der Waals surface area (Å²) < 4.78 is 4.85. The van der Waals surface area contributed by atoms with Crippen molar-refractivity contribution in [2.24, 2.45) is 5.92 Å². The molecular formula is C21H26BrN5O. The topological polar surface area (TPSA) is 64.7 Å². The highest BCUT2D eigenvalue weighted by Gasteiger charge is 2.17. The maximum Gasteiger partial charge on any atom is 0.229 e. The highest BCUT2D eigenvalue weighted by molar-refractivity contribution is 9.10. The van der Waals surface area contributed by atoms with Gasteiger partial charge in [0.15, 0.2) is 0 Å². The number of rotatable bonds is 6. The lowest BCUT2D eigenvalue weighted by Crippen LogP contribution is -2.25. The molecule has 0 saturated heterocycles. The van der Waals surface area contributed by atoms with Crippen LogP contribution in [-0.4, -0.2) is 25.5 Å². The van der Waals surface area contributed by atoms with Crippen molar-refractivity contribution in [1.29, 1.82) is 0 Å². The van der Waals surface area contributed by atoms with E-state index in [0.29, 0.717) is 13.1 Å². The molecule has 0 spiro atoms. The van der Waals surface area contributed by atoms with Gasteiger partial charge in [-0.1, -0.05) is 19.1 Å². The Labute approximate surface area is 174 Å². The Kier molecular flexibility index (Phi) is 6.03. The number of aromatic nitrogens is 4. The Morgan fingerprint density at radius 1 is 1.14 bits per heavy atom. The largest absolute Gasteiger partial charge is 0.326 e. The van der Waals surface area contributed by atoms with Gasteiger partial charge in [-0.05, 0) is 67.4 Å². The third kappa shape index (κ3) is 4.52. The molecule has 1 unspecified atom stereocenters. The van der Waals surface area contributed by atoms with Crippen molar-refractivity contribution in [2.45, 2.75) is 47.7 Å². The first kappa shape index (κ1) is 20.3. The lowest BCUT2D eigenvalue weighted by atomic mass is 10.1. The molecule has 7 heteroatoms. The van der Waals surface area contributed by atoms with Crippen LogP contribution in [0.15, 0.2) is 34.8 Å². The van der Waals surface area contributed by atoms with Crippen LogP contribution in [0.4, 0.5) is 5.69 Å². The number of carbonyl (C=O) groups excluding carboxylic acids is 1. The average Bonchev–Trinajstić information content (AvgIpc) is 3.08. The molecule has 148 valence electrons. The van der Waals surface area contributed by atoms with Gasteiger partial charge in [-0.3, -0.25) is 14.2 Å². The van der Waals surface area contributed by atoms with Crippen molar-refractivity contribution >= 4 is 27.5 Å². The zero-order valence-electron chi connectivity index (χ0n) is 17.0. The second-order valence-electron chi connectivity index (χ2n) is 7.34. The minimum Gasteiger partial charge on any atom is -0.326 e. The Morgan fingerprint density at radius 2 is 1.89 bits per heavy atom. The smallest absolute Gasteiger partial charge is 0.229 e. The van der Waals surface area contributed by atoms with Crippen molar-refractivity contribution in [3.05, 3.63) is 63.1 Å². The van der Waals surface area contributed by atoms with Crippen molar-refractivity contribution in [1.82, 2.24) is 19.6 Å². The van der Waals surface area contributed by atoms with Gasteiger partial charge in [0.05, 0.1) is 34.9 Å². The van der Waals surface area contributed by atoms with Crippen molar-refractivity contribution in [3.63, 3.8) is 0 Å². The van der Waals surface area contributed by atoms with E-state index in [1.807, 2.05) is 68.2 Å². The van der Waals surface area contributed by atoms with E-state index in [0.717, 1.165) is 38.5 Å². The third-order valence-corrected chi connectivity index (χ3v) is 5.97. The summed E-state index contributed by atoms with van der Waals surface area (Å²) in [5, 5.41) is 12.0. The zero-order chi connectivity index (χ0) is 20.4. The number of carbonyl (C=O) groups is 1. The number of halogens is 1. The second-order valence-corrected chi connectivity index (χ2v) is 8.14. The molecule has 1 atom stereocenters. The molecule has 3 aromatic rings. The number of benzene rings is 1. The first-order valence-electron chi connectivity index (χ1n) is 9.35. The van der Waals surface area contributed by atoms with Gasteiger partial charge in [0.1, 0.15) is 0 Å². The molecule has 0 aliphatic heterocycles. The highest BCUT2D eigenvalue weighted by Crippen LogP contribution is 2.21. The van der Waals surface area contributed by atoms with E-state index in [-0.39, 0.29) is 11.8 Å². The lowest BCUT2D eigenvalue weighted by molar-refractivity contribution is -0.119. The maximum atomic E-state index is 12.7. The number of aryl methyl sites for hydroxylation is 3. The number of amides is 1. The Bertz CT molecular complexity index is 1000. The fourth-order valence-corrected chi connectivity index (χ4v) is 3.50. The van der Waals surface area contributed by atoms with Gasteiger partial charge in [0.25, 0.3) is 0 Å². The fourth-order valence-electron chi connectivity index (χ4n) is 3.22. The molecule has 1 N–H and O–H groups in total. The quantitative estimate of drug-likeness (QED) is 0.613.